The molecule has 1 fully saturated rings. The van der Waals surface area contributed by atoms with Crippen LogP contribution in [0.15, 0.2) is 40.3 Å². The fourth-order valence-corrected chi connectivity index (χ4v) is 5.97. The quantitative estimate of drug-likeness (QED) is 0.413. The summed E-state index contributed by atoms with van der Waals surface area (Å²) in [5.74, 6) is 0.630. The number of rotatable bonds is 5. The van der Waals surface area contributed by atoms with Crippen LogP contribution in [-0.4, -0.2) is 73.0 Å². The zero-order valence-electron chi connectivity index (χ0n) is 19.9. The second-order valence-electron chi connectivity index (χ2n) is 9.07. The number of hydrogen-bond acceptors (Lipinski definition) is 6. The van der Waals surface area contributed by atoms with E-state index in [4.69, 9.17) is 4.98 Å². The lowest BCUT2D eigenvalue weighted by molar-refractivity contribution is -0.132. The molecule has 1 unspecified atom stereocenters. The average Bonchev–Trinajstić information content (AvgIpc) is 3.03. The van der Waals surface area contributed by atoms with Crippen LogP contribution in [0, 0.1) is 0 Å². The molecule has 0 saturated carbocycles. The summed E-state index contributed by atoms with van der Waals surface area (Å²) < 4.78 is 3.64. The Hall–Kier alpha value is -2.65. The van der Waals surface area contributed by atoms with E-state index in [1.54, 1.807) is 0 Å². The molecule has 8 nitrogen and oxygen atoms in total. The largest absolute Gasteiger partial charge is 0.339 e. The van der Waals surface area contributed by atoms with Crippen LogP contribution >= 0.6 is 11.8 Å². The number of likely N-dealkylation sites (N-methyl/N-ethyl adjacent to an activating group) is 1. The van der Waals surface area contributed by atoms with Crippen LogP contribution in [0.25, 0.3) is 17.1 Å². The summed E-state index contributed by atoms with van der Waals surface area (Å²) in [5.41, 5.74) is 2.24. The smallest absolute Gasteiger partial charge is 0.284 e. The van der Waals surface area contributed by atoms with Crippen molar-refractivity contribution in [2.75, 3.05) is 32.7 Å². The van der Waals surface area contributed by atoms with Gasteiger partial charge in [0.15, 0.2) is 11.0 Å². The van der Waals surface area contributed by atoms with Crippen LogP contribution in [0.3, 0.4) is 0 Å². The molecule has 4 aliphatic rings. The molecular formula is C25H32N6O2S. The standard InChI is InChI=1S/C25H32N6O2S/c1-3-28-14-16-29(17-15-28)23(32)18(2)34-25-26-22-21(20-12-8-5-9-13-30(20)25)24(33)31(27-22)19-10-6-4-7-11-19/h4,6-7,10-11,18H,3,5,8-9,12-17H2,1-2H3. The molecule has 4 heterocycles. The van der Waals surface area contributed by atoms with Gasteiger partial charge in [-0.05, 0) is 44.9 Å². The van der Waals surface area contributed by atoms with Crippen LogP contribution in [0.1, 0.15) is 38.8 Å². The third-order valence-electron chi connectivity index (χ3n) is 6.93. The Morgan fingerprint density at radius 3 is 2.56 bits per heavy atom. The van der Waals surface area contributed by atoms with E-state index in [-0.39, 0.29) is 16.7 Å². The normalized spacial score (nSPS) is 18.0. The van der Waals surface area contributed by atoms with Crippen LogP contribution in [0.5, 0.6) is 0 Å². The van der Waals surface area contributed by atoms with Crippen molar-refractivity contribution < 1.29 is 4.79 Å². The molecule has 9 heteroatoms. The maximum absolute atomic E-state index is 13.4. The summed E-state index contributed by atoms with van der Waals surface area (Å²) in [7, 11) is 0. The van der Waals surface area contributed by atoms with Gasteiger partial charge in [0.1, 0.15) is 5.56 Å². The van der Waals surface area contributed by atoms with Crippen molar-refractivity contribution in [2.45, 2.75) is 56.5 Å². The summed E-state index contributed by atoms with van der Waals surface area (Å²) in [6.07, 6.45) is 4.02. The molecule has 1 aromatic carbocycles. The molecule has 0 N–H and O–H groups in total. The van der Waals surface area contributed by atoms with E-state index in [1.807, 2.05) is 42.2 Å². The van der Waals surface area contributed by atoms with Gasteiger partial charge in [-0.15, -0.1) is 5.10 Å². The first-order valence-corrected chi connectivity index (χ1v) is 13.2. The van der Waals surface area contributed by atoms with Crippen molar-refractivity contribution in [3.8, 4) is 17.1 Å². The molecule has 180 valence electrons. The van der Waals surface area contributed by atoms with Crippen LogP contribution in [0.2, 0.25) is 0 Å². The first-order chi connectivity index (χ1) is 16.6. The van der Waals surface area contributed by atoms with Gasteiger partial charge >= 0.3 is 0 Å². The molecule has 0 aliphatic carbocycles. The molecule has 0 bridgehead atoms. The number of benzene rings is 1. The molecule has 1 saturated heterocycles. The molecule has 1 atom stereocenters. The van der Waals surface area contributed by atoms with Crippen molar-refractivity contribution in [3.63, 3.8) is 0 Å². The van der Waals surface area contributed by atoms with E-state index in [9.17, 15) is 9.59 Å². The van der Waals surface area contributed by atoms with Gasteiger partial charge in [0, 0.05) is 38.4 Å². The molecule has 34 heavy (non-hydrogen) atoms. The highest BCUT2D eigenvalue weighted by atomic mass is 32.2. The number of aromatic nitrogens is 4. The Labute approximate surface area is 204 Å². The summed E-state index contributed by atoms with van der Waals surface area (Å²) in [6, 6.07) is 9.49. The molecule has 5 rings (SSSR count). The lowest BCUT2D eigenvalue weighted by Gasteiger charge is -2.35. The summed E-state index contributed by atoms with van der Waals surface area (Å²) >= 11 is 1.50. The Bertz CT molecular complexity index is 1180. The number of amides is 1. The highest BCUT2D eigenvalue weighted by Gasteiger charge is 2.30. The van der Waals surface area contributed by atoms with E-state index in [0.29, 0.717) is 11.4 Å². The van der Waals surface area contributed by atoms with Gasteiger partial charge in [-0.3, -0.25) is 9.59 Å². The Balaban J connectivity index is 1.49. The topological polar surface area (TPSA) is 76.3 Å². The van der Waals surface area contributed by atoms with Crippen molar-refractivity contribution in [1.82, 2.24) is 29.1 Å². The number of nitrogens with zero attached hydrogens (tertiary/aromatic N) is 6. The Morgan fingerprint density at radius 2 is 1.82 bits per heavy atom. The molecule has 4 aliphatic heterocycles. The SMILES string of the molecule is CCN1CCN(C(=O)C(C)Sc2nc3nn(-c4ccccc4)c(=O)c-3c3n2CCCCC3)CC1. The highest BCUT2D eigenvalue weighted by molar-refractivity contribution is 8.00. The van der Waals surface area contributed by atoms with E-state index < -0.39 is 0 Å². The lowest BCUT2D eigenvalue weighted by atomic mass is 10.1. The summed E-state index contributed by atoms with van der Waals surface area (Å²) in [6.45, 7) is 9.37. The Kier molecular flexibility index (Phi) is 6.74. The van der Waals surface area contributed by atoms with E-state index in [1.165, 1.54) is 16.4 Å². The highest BCUT2D eigenvalue weighted by Crippen LogP contribution is 2.32. The van der Waals surface area contributed by atoms with Gasteiger partial charge < -0.3 is 14.4 Å². The average molecular weight is 481 g/mol. The monoisotopic (exact) mass is 480 g/mol. The van der Waals surface area contributed by atoms with Crippen LogP contribution in [0.4, 0.5) is 0 Å². The lowest BCUT2D eigenvalue weighted by Crippen LogP contribution is -2.50. The van der Waals surface area contributed by atoms with Crippen LogP contribution < -0.4 is 5.56 Å². The number of thioether (sulfide) groups is 1. The number of carbonyl (C=O) groups excluding carboxylic acids is 1. The predicted octanol–water partition coefficient (Wildman–Crippen LogP) is 2.90. The predicted molar refractivity (Wildman–Crippen MR) is 134 cm³/mol. The van der Waals surface area contributed by atoms with Crippen molar-refractivity contribution in [2.24, 2.45) is 0 Å². The number of fused-ring (bicyclic) bond motifs is 3. The molecule has 0 spiro atoms. The summed E-state index contributed by atoms with van der Waals surface area (Å²) in [4.78, 5) is 35.8. The second kappa shape index (κ2) is 9.92. The van der Waals surface area contributed by atoms with Gasteiger partial charge in [-0.25, -0.2) is 4.98 Å². The van der Waals surface area contributed by atoms with Crippen molar-refractivity contribution in [3.05, 3.63) is 46.4 Å². The molecular weight excluding hydrogens is 448 g/mol. The number of hydrogen-bond donors (Lipinski definition) is 0. The zero-order valence-corrected chi connectivity index (χ0v) is 20.8. The molecule has 0 aromatic heterocycles. The van der Waals surface area contributed by atoms with E-state index >= 15 is 0 Å². The summed E-state index contributed by atoms with van der Waals surface area (Å²) in [5, 5.41) is 5.15. The molecule has 1 aromatic rings. The zero-order chi connectivity index (χ0) is 23.7. The minimum absolute atomic E-state index is 0.117. The minimum atomic E-state index is -0.249. The minimum Gasteiger partial charge on any atom is -0.339 e. The third-order valence-corrected chi connectivity index (χ3v) is 8.01. The molecule has 0 radical (unpaired) electrons. The van der Waals surface area contributed by atoms with Crippen molar-refractivity contribution in [1.29, 1.82) is 0 Å². The number of piperazine rings is 1. The van der Waals surface area contributed by atoms with Crippen LogP contribution in [-0.2, 0) is 17.8 Å². The van der Waals surface area contributed by atoms with E-state index in [2.05, 4.69) is 21.5 Å². The Morgan fingerprint density at radius 1 is 1.06 bits per heavy atom. The maximum atomic E-state index is 13.4. The third kappa shape index (κ3) is 4.38. The van der Waals surface area contributed by atoms with Gasteiger partial charge in [0.2, 0.25) is 5.91 Å². The van der Waals surface area contributed by atoms with Gasteiger partial charge in [-0.1, -0.05) is 43.3 Å². The van der Waals surface area contributed by atoms with Crippen molar-refractivity contribution >= 4 is 17.7 Å². The molecule has 1 amide bonds. The number of para-hydroxylation sites is 1. The van der Waals surface area contributed by atoms with E-state index in [0.717, 1.165) is 81.5 Å². The van der Waals surface area contributed by atoms with Gasteiger partial charge in [0.05, 0.1) is 10.9 Å². The first-order valence-electron chi connectivity index (χ1n) is 12.3. The fourth-order valence-electron chi connectivity index (χ4n) is 4.94. The maximum Gasteiger partial charge on any atom is 0.284 e. The van der Waals surface area contributed by atoms with Gasteiger partial charge in [-0.2, -0.15) is 4.68 Å². The van der Waals surface area contributed by atoms with Gasteiger partial charge in [0.25, 0.3) is 5.56 Å². The second-order valence-corrected chi connectivity index (χ2v) is 10.4. The first kappa shape index (κ1) is 23.1. The number of carbonyl (C=O) groups is 1. The fraction of sp³-hybridized carbons (Fsp3) is 0.520.